The first kappa shape index (κ1) is 23.8. The standard InChI is InChI=1S/C20H19F4N7O2S/c1-10-17(19(34-31-10)30-15-9-26-14(8-27-15)20(22,23)24)18(32)29-11-2-3-16(28-6-11)33-13-4-5-25-7-12(13)21/h2-3,6,8-9,12-13,25H,4-5,7H2,1H3,(H,27,30)(H,29,32)/t12-,13+/m0/s1. The van der Waals surface area contributed by atoms with E-state index in [0.29, 0.717) is 30.5 Å². The van der Waals surface area contributed by atoms with E-state index in [1.165, 1.54) is 12.3 Å². The van der Waals surface area contributed by atoms with Gasteiger partial charge >= 0.3 is 6.18 Å². The fourth-order valence-electron chi connectivity index (χ4n) is 3.18. The predicted molar refractivity (Wildman–Crippen MR) is 116 cm³/mol. The first-order valence-corrected chi connectivity index (χ1v) is 10.9. The summed E-state index contributed by atoms with van der Waals surface area (Å²) < 4.78 is 61.6. The summed E-state index contributed by atoms with van der Waals surface area (Å²) >= 11 is 0.953. The van der Waals surface area contributed by atoms with Crippen LogP contribution in [0.25, 0.3) is 0 Å². The summed E-state index contributed by atoms with van der Waals surface area (Å²) in [6.45, 7) is 2.50. The van der Waals surface area contributed by atoms with Crippen LogP contribution in [-0.2, 0) is 6.18 Å². The van der Waals surface area contributed by atoms with Gasteiger partial charge in [-0.2, -0.15) is 17.5 Å². The summed E-state index contributed by atoms with van der Waals surface area (Å²) in [7, 11) is 0. The van der Waals surface area contributed by atoms with E-state index in [1.54, 1.807) is 13.0 Å². The zero-order valence-corrected chi connectivity index (χ0v) is 18.5. The van der Waals surface area contributed by atoms with Crippen LogP contribution in [0.4, 0.5) is 34.1 Å². The number of nitrogens with zero attached hydrogens (tertiary/aromatic N) is 4. The number of aryl methyl sites for hydroxylation is 1. The van der Waals surface area contributed by atoms with E-state index in [1.807, 2.05) is 0 Å². The predicted octanol–water partition coefficient (Wildman–Crippen LogP) is 3.73. The Morgan fingerprint density at radius 3 is 2.68 bits per heavy atom. The molecule has 3 N–H and O–H groups in total. The van der Waals surface area contributed by atoms with Crippen LogP contribution in [0.2, 0.25) is 0 Å². The monoisotopic (exact) mass is 497 g/mol. The average Bonchev–Trinajstić information content (AvgIpc) is 3.16. The average molecular weight is 497 g/mol. The molecule has 1 aliphatic rings. The molecule has 0 bridgehead atoms. The highest BCUT2D eigenvalue weighted by molar-refractivity contribution is 7.10. The Balaban J connectivity index is 1.42. The van der Waals surface area contributed by atoms with E-state index in [-0.39, 0.29) is 28.8 Å². The number of carbonyl (C=O) groups excluding carboxylic acids is 1. The fraction of sp³-hybridized carbons (Fsp3) is 0.350. The highest BCUT2D eigenvalue weighted by Gasteiger charge is 2.33. The number of aromatic nitrogens is 4. The summed E-state index contributed by atoms with van der Waals surface area (Å²) in [5.41, 5.74) is -0.149. The Morgan fingerprint density at radius 2 is 2.03 bits per heavy atom. The number of amides is 1. The maximum absolute atomic E-state index is 13.9. The Hall–Kier alpha value is -3.39. The Labute approximate surface area is 195 Å². The fourth-order valence-corrected chi connectivity index (χ4v) is 3.98. The van der Waals surface area contributed by atoms with Gasteiger partial charge in [0.1, 0.15) is 23.1 Å². The molecule has 9 nitrogen and oxygen atoms in total. The van der Waals surface area contributed by atoms with Gasteiger partial charge in [-0.3, -0.25) is 4.79 Å². The number of hydrogen-bond acceptors (Lipinski definition) is 9. The minimum atomic E-state index is -4.60. The Bertz CT molecular complexity index is 1140. The van der Waals surface area contributed by atoms with Crippen LogP contribution in [0, 0.1) is 6.92 Å². The molecule has 3 aromatic heterocycles. The molecule has 34 heavy (non-hydrogen) atoms. The highest BCUT2D eigenvalue weighted by Crippen LogP contribution is 2.30. The number of rotatable bonds is 6. The van der Waals surface area contributed by atoms with Crippen molar-refractivity contribution in [1.82, 2.24) is 24.6 Å². The number of carbonyl (C=O) groups is 1. The summed E-state index contributed by atoms with van der Waals surface area (Å²) in [6.07, 6.45) is -2.91. The molecule has 180 valence electrons. The van der Waals surface area contributed by atoms with Crippen molar-refractivity contribution >= 4 is 33.9 Å². The quantitative estimate of drug-likeness (QED) is 0.442. The summed E-state index contributed by atoms with van der Waals surface area (Å²) in [4.78, 5) is 24.0. The Kier molecular flexibility index (Phi) is 6.88. The maximum Gasteiger partial charge on any atom is 0.434 e. The summed E-state index contributed by atoms with van der Waals surface area (Å²) in [6, 6.07) is 3.10. The van der Waals surface area contributed by atoms with Crippen LogP contribution in [-0.4, -0.2) is 50.6 Å². The van der Waals surface area contributed by atoms with Crippen LogP contribution in [0.1, 0.15) is 28.2 Å². The maximum atomic E-state index is 13.9. The first-order chi connectivity index (χ1) is 16.2. The molecule has 1 saturated heterocycles. The molecule has 1 aliphatic heterocycles. The van der Waals surface area contributed by atoms with Crippen LogP contribution in [0.3, 0.4) is 0 Å². The summed E-state index contributed by atoms with van der Waals surface area (Å²) in [5.74, 6) is -0.242. The van der Waals surface area contributed by atoms with Gasteiger partial charge in [0.05, 0.1) is 35.5 Å². The molecule has 1 amide bonds. The molecule has 2 atom stereocenters. The lowest BCUT2D eigenvalue weighted by Gasteiger charge is -2.26. The zero-order valence-electron chi connectivity index (χ0n) is 17.7. The van der Waals surface area contributed by atoms with Gasteiger partial charge < -0.3 is 20.7 Å². The number of alkyl halides is 4. The number of ether oxygens (including phenoxy) is 1. The third-order valence-corrected chi connectivity index (χ3v) is 5.74. The molecule has 1 fully saturated rings. The van der Waals surface area contributed by atoms with Crippen LogP contribution < -0.4 is 20.7 Å². The van der Waals surface area contributed by atoms with Gasteiger partial charge in [-0.05, 0) is 37.5 Å². The van der Waals surface area contributed by atoms with Crippen molar-refractivity contribution in [3.8, 4) is 5.88 Å². The lowest BCUT2D eigenvalue weighted by Crippen LogP contribution is -2.44. The molecule has 0 spiro atoms. The second-order valence-corrected chi connectivity index (χ2v) is 8.16. The smallest absolute Gasteiger partial charge is 0.434 e. The molecule has 4 heterocycles. The van der Waals surface area contributed by atoms with E-state index in [9.17, 15) is 22.4 Å². The van der Waals surface area contributed by atoms with Gasteiger partial charge in [0.25, 0.3) is 5.91 Å². The van der Waals surface area contributed by atoms with Crippen molar-refractivity contribution in [1.29, 1.82) is 0 Å². The molecule has 3 aromatic rings. The number of pyridine rings is 1. The van der Waals surface area contributed by atoms with Crippen molar-refractivity contribution < 1.29 is 27.1 Å². The first-order valence-electron chi connectivity index (χ1n) is 10.1. The lowest BCUT2D eigenvalue weighted by molar-refractivity contribution is -0.141. The molecule has 14 heteroatoms. The summed E-state index contributed by atoms with van der Waals surface area (Å²) in [5, 5.41) is 8.69. The molecule has 0 radical (unpaired) electrons. The van der Waals surface area contributed by atoms with Crippen molar-refractivity contribution in [3.63, 3.8) is 0 Å². The lowest BCUT2D eigenvalue weighted by atomic mass is 10.1. The largest absolute Gasteiger partial charge is 0.471 e. The second-order valence-electron chi connectivity index (χ2n) is 7.39. The van der Waals surface area contributed by atoms with Crippen LogP contribution in [0.5, 0.6) is 5.88 Å². The second kappa shape index (κ2) is 9.85. The van der Waals surface area contributed by atoms with Crippen molar-refractivity contribution in [2.45, 2.75) is 31.8 Å². The molecule has 0 aromatic carbocycles. The van der Waals surface area contributed by atoms with Gasteiger partial charge in [0, 0.05) is 12.6 Å². The van der Waals surface area contributed by atoms with Gasteiger partial charge in [-0.15, -0.1) is 0 Å². The van der Waals surface area contributed by atoms with Gasteiger partial charge in [0.2, 0.25) is 5.88 Å². The van der Waals surface area contributed by atoms with Gasteiger partial charge in [-0.1, -0.05) is 0 Å². The molecule has 0 aliphatic carbocycles. The minimum absolute atomic E-state index is 0.0259. The molecule has 0 saturated carbocycles. The van der Waals surface area contributed by atoms with E-state index in [0.717, 1.165) is 17.7 Å². The highest BCUT2D eigenvalue weighted by atomic mass is 32.1. The van der Waals surface area contributed by atoms with E-state index >= 15 is 0 Å². The number of halogens is 4. The number of hydrogen-bond donors (Lipinski definition) is 3. The molecule has 4 rings (SSSR count). The van der Waals surface area contributed by atoms with Gasteiger partial charge in [0.15, 0.2) is 5.69 Å². The van der Waals surface area contributed by atoms with E-state index in [2.05, 4.69) is 35.3 Å². The zero-order chi connectivity index (χ0) is 24.3. The third kappa shape index (κ3) is 5.56. The normalized spacial score (nSPS) is 18.4. The molecular formula is C20H19F4N7O2S. The van der Waals surface area contributed by atoms with Crippen molar-refractivity contribution in [2.24, 2.45) is 0 Å². The minimum Gasteiger partial charge on any atom is -0.471 e. The van der Waals surface area contributed by atoms with E-state index < -0.39 is 30.1 Å². The van der Waals surface area contributed by atoms with Gasteiger partial charge in [-0.25, -0.2) is 19.3 Å². The number of piperidine rings is 1. The SMILES string of the molecule is Cc1nsc(Nc2cnc(C(F)(F)F)cn2)c1C(=O)Nc1ccc(O[C@@H]2CCNC[C@@H]2F)nc1. The molecule has 0 unspecified atom stereocenters. The van der Waals surface area contributed by atoms with Crippen LogP contribution >= 0.6 is 11.5 Å². The van der Waals surface area contributed by atoms with E-state index in [4.69, 9.17) is 4.74 Å². The molecular weight excluding hydrogens is 478 g/mol. The Morgan fingerprint density at radius 1 is 1.21 bits per heavy atom. The van der Waals surface area contributed by atoms with Crippen molar-refractivity contribution in [2.75, 3.05) is 23.7 Å². The van der Waals surface area contributed by atoms with Crippen molar-refractivity contribution in [3.05, 3.63) is 47.7 Å². The van der Waals surface area contributed by atoms with Crippen LogP contribution in [0.15, 0.2) is 30.7 Å². The third-order valence-electron chi connectivity index (χ3n) is 4.89. The number of anilines is 3. The topological polar surface area (TPSA) is 114 Å². The number of nitrogens with one attached hydrogen (secondary N) is 3.